The third-order valence-corrected chi connectivity index (χ3v) is 5.24. The maximum absolute atomic E-state index is 5.71. The van der Waals surface area contributed by atoms with Crippen LogP contribution in [0, 0.1) is 0 Å². The highest BCUT2D eigenvalue weighted by molar-refractivity contribution is 9.10. The highest BCUT2D eigenvalue weighted by Crippen LogP contribution is 2.44. The van der Waals surface area contributed by atoms with E-state index in [4.69, 9.17) is 14.2 Å². The molecule has 3 rings (SSSR count). The van der Waals surface area contributed by atoms with Crippen LogP contribution in [0.4, 0.5) is 0 Å². The van der Waals surface area contributed by atoms with Crippen LogP contribution < -0.4 is 19.5 Å². The molecule has 6 heteroatoms. The van der Waals surface area contributed by atoms with Gasteiger partial charge in [0.15, 0.2) is 0 Å². The van der Waals surface area contributed by atoms with Crippen LogP contribution in [0.2, 0.25) is 0 Å². The van der Waals surface area contributed by atoms with Crippen molar-refractivity contribution in [1.29, 1.82) is 0 Å². The number of hydrogen-bond acceptors (Lipinski definition) is 5. The molecule has 1 aliphatic heterocycles. The molecule has 0 aromatic heterocycles. The maximum Gasteiger partial charge on any atom is 0.127 e. The Bertz CT molecular complexity index is 726. The molecular formula is C20H25BrN2O3. The first-order chi connectivity index (χ1) is 12.7. The van der Waals surface area contributed by atoms with Crippen molar-refractivity contribution in [2.24, 2.45) is 0 Å². The Hall–Kier alpha value is -1.76. The fourth-order valence-corrected chi connectivity index (χ4v) is 3.92. The van der Waals surface area contributed by atoms with Gasteiger partial charge in [0.25, 0.3) is 0 Å². The SMILES string of the molecule is COc1ccc(Br)cc1C(c1c(OC)cccc1OC)N1CCNCC1. The van der Waals surface area contributed by atoms with Gasteiger partial charge in [-0.1, -0.05) is 22.0 Å². The Morgan fingerprint density at radius 3 is 2.12 bits per heavy atom. The van der Waals surface area contributed by atoms with E-state index in [1.54, 1.807) is 21.3 Å². The number of ether oxygens (including phenoxy) is 3. The summed E-state index contributed by atoms with van der Waals surface area (Å²) in [7, 11) is 5.11. The average Bonchev–Trinajstić information content (AvgIpc) is 2.69. The van der Waals surface area contributed by atoms with Gasteiger partial charge in [-0.2, -0.15) is 0 Å². The standard InChI is InChI=1S/C20H25BrN2O3/c1-24-16-8-7-14(21)13-15(16)20(23-11-9-22-10-12-23)19-17(25-2)5-4-6-18(19)26-3/h4-8,13,20,22H,9-12H2,1-3H3. The highest BCUT2D eigenvalue weighted by Gasteiger charge is 2.31. The zero-order valence-corrected chi connectivity index (χ0v) is 17.0. The predicted octanol–water partition coefficient (Wildman–Crippen LogP) is 3.47. The first-order valence-electron chi connectivity index (χ1n) is 8.68. The molecule has 0 amide bonds. The van der Waals surface area contributed by atoms with Crippen LogP contribution >= 0.6 is 15.9 Å². The van der Waals surface area contributed by atoms with Crippen molar-refractivity contribution in [3.8, 4) is 17.2 Å². The van der Waals surface area contributed by atoms with Crippen molar-refractivity contribution in [3.05, 3.63) is 52.0 Å². The molecule has 140 valence electrons. The molecule has 1 fully saturated rings. The second-order valence-corrected chi connectivity index (χ2v) is 7.07. The summed E-state index contributed by atoms with van der Waals surface area (Å²) in [6, 6.07) is 12.0. The minimum absolute atomic E-state index is 0.0318. The summed E-state index contributed by atoms with van der Waals surface area (Å²) in [6.07, 6.45) is 0. The van der Waals surface area contributed by atoms with Crippen molar-refractivity contribution in [3.63, 3.8) is 0 Å². The van der Waals surface area contributed by atoms with Gasteiger partial charge in [0.1, 0.15) is 17.2 Å². The molecule has 5 nitrogen and oxygen atoms in total. The number of rotatable bonds is 6. The number of piperazine rings is 1. The maximum atomic E-state index is 5.71. The van der Waals surface area contributed by atoms with Crippen LogP contribution in [0.5, 0.6) is 17.2 Å². The molecule has 1 N–H and O–H groups in total. The lowest BCUT2D eigenvalue weighted by atomic mass is 9.93. The first-order valence-corrected chi connectivity index (χ1v) is 9.48. The Balaban J connectivity index is 2.22. The molecule has 1 saturated heterocycles. The van der Waals surface area contributed by atoms with Crippen molar-refractivity contribution in [1.82, 2.24) is 10.2 Å². The number of hydrogen-bond donors (Lipinski definition) is 1. The fourth-order valence-electron chi connectivity index (χ4n) is 3.54. The molecule has 1 atom stereocenters. The lowest BCUT2D eigenvalue weighted by Crippen LogP contribution is -2.45. The van der Waals surface area contributed by atoms with Crippen molar-refractivity contribution < 1.29 is 14.2 Å². The predicted molar refractivity (Wildman–Crippen MR) is 107 cm³/mol. The van der Waals surface area contributed by atoms with Gasteiger partial charge < -0.3 is 19.5 Å². The number of nitrogens with one attached hydrogen (secondary N) is 1. The highest BCUT2D eigenvalue weighted by atomic mass is 79.9. The summed E-state index contributed by atoms with van der Waals surface area (Å²) in [4.78, 5) is 2.45. The average molecular weight is 421 g/mol. The quantitative estimate of drug-likeness (QED) is 0.774. The second kappa shape index (κ2) is 8.75. The van der Waals surface area contributed by atoms with Crippen LogP contribution in [-0.4, -0.2) is 52.4 Å². The molecule has 0 aliphatic carbocycles. The van der Waals surface area contributed by atoms with E-state index in [9.17, 15) is 0 Å². The number of methoxy groups -OCH3 is 3. The van der Waals surface area contributed by atoms with Crippen molar-refractivity contribution in [2.75, 3.05) is 47.5 Å². The fraction of sp³-hybridized carbons (Fsp3) is 0.400. The summed E-state index contributed by atoms with van der Waals surface area (Å²) in [5.41, 5.74) is 2.11. The van der Waals surface area contributed by atoms with E-state index in [0.29, 0.717) is 0 Å². The lowest BCUT2D eigenvalue weighted by molar-refractivity contribution is 0.189. The molecule has 2 aromatic carbocycles. The molecule has 1 aliphatic rings. The van der Waals surface area contributed by atoms with E-state index < -0.39 is 0 Å². The topological polar surface area (TPSA) is 43.0 Å². The van der Waals surface area contributed by atoms with Gasteiger partial charge in [0, 0.05) is 36.2 Å². The van der Waals surface area contributed by atoms with Gasteiger partial charge >= 0.3 is 0 Å². The lowest BCUT2D eigenvalue weighted by Gasteiger charge is -2.37. The Labute approximate surface area is 163 Å². The number of benzene rings is 2. The van der Waals surface area contributed by atoms with E-state index in [2.05, 4.69) is 32.2 Å². The van der Waals surface area contributed by atoms with Gasteiger partial charge in [-0.05, 0) is 30.3 Å². The molecule has 1 heterocycles. The van der Waals surface area contributed by atoms with Crippen LogP contribution in [0.15, 0.2) is 40.9 Å². The van der Waals surface area contributed by atoms with E-state index >= 15 is 0 Å². The Morgan fingerprint density at radius 2 is 1.54 bits per heavy atom. The molecule has 2 aromatic rings. The smallest absolute Gasteiger partial charge is 0.127 e. The Morgan fingerprint density at radius 1 is 0.923 bits per heavy atom. The molecular weight excluding hydrogens is 396 g/mol. The summed E-state index contributed by atoms with van der Waals surface area (Å²) in [6.45, 7) is 3.76. The van der Waals surface area contributed by atoms with E-state index in [1.807, 2.05) is 30.3 Å². The number of nitrogens with zero attached hydrogens (tertiary/aromatic N) is 1. The van der Waals surface area contributed by atoms with Crippen molar-refractivity contribution >= 4 is 15.9 Å². The van der Waals surface area contributed by atoms with Crippen molar-refractivity contribution in [2.45, 2.75) is 6.04 Å². The van der Waals surface area contributed by atoms with Gasteiger partial charge in [-0.15, -0.1) is 0 Å². The summed E-state index contributed by atoms with van der Waals surface area (Å²) < 4.78 is 18.1. The Kier molecular flexibility index (Phi) is 6.40. The monoisotopic (exact) mass is 420 g/mol. The third kappa shape index (κ3) is 3.82. The molecule has 1 unspecified atom stereocenters. The zero-order chi connectivity index (χ0) is 18.5. The van der Waals surface area contributed by atoms with Crippen LogP contribution in [0.25, 0.3) is 0 Å². The molecule has 0 spiro atoms. The molecule has 0 bridgehead atoms. The van der Waals surface area contributed by atoms with E-state index in [-0.39, 0.29) is 6.04 Å². The van der Waals surface area contributed by atoms with E-state index in [1.165, 1.54) is 0 Å². The van der Waals surface area contributed by atoms with Crippen LogP contribution in [-0.2, 0) is 0 Å². The minimum atomic E-state index is -0.0318. The molecule has 0 radical (unpaired) electrons. The van der Waals surface area contributed by atoms with E-state index in [0.717, 1.165) is 59.0 Å². The largest absolute Gasteiger partial charge is 0.496 e. The third-order valence-electron chi connectivity index (χ3n) is 4.74. The minimum Gasteiger partial charge on any atom is -0.496 e. The number of halogens is 1. The summed E-state index contributed by atoms with van der Waals surface area (Å²) in [5, 5.41) is 3.43. The second-order valence-electron chi connectivity index (χ2n) is 6.15. The normalized spacial score (nSPS) is 16.2. The van der Waals surface area contributed by atoms with Gasteiger partial charge in [0.05, 0.1) is 32.9 Å². The van der Waals surface area contributed by atoms with Crippen LogP contribution in [0.3, 0.4) is 0 Å². The van der Waals surface area contributed by atoms with Gasteiger partial charge in [-0.3, -0.25) is 4.90 Å². The summed E-state index contributed by atoms with van der Waals surface area (Å²) in [5.74, 6) is 2.48. The van der Waals surface area contributed by atoms with Gasteiger partial charge in [-0.25, -0.2) is 0 Å². The zero-order valence-electron chi connectivity index (χ0n) is 15.4. The van der Waals surface area contributed by atoms with Gasteiger partial charge in [0.2, 0.25) is 0 Å². The molecule has 26 heavy (non-hydrogen) atoms. The molecule has 0 saturated carbocycles. The summed E-state index contributed by atoms with van der Waals surface area (Å²) >= 11 is 3.61. The van der Waals surface area contributed by atoms with Crippen LogP contribution in [0.1, 0.15) is 17.2 Å². The first kappa shape index (κ1) is 19.0.